The fourth-order valence-corrected chi connectivity index (χ4v) is 3.96. The van der Waals surface area contributed by atoms with E-state index in [0.29, 0.717) is 19.9 Å². The maximum absolute atomic E-state index is 12.8. The van der Waals surface area contributed by atoms with Crippen molar-refractivity contribution in [2.75, 3.05) is 20.4 Å². The Morgan fingerprint density at radius 1 is 0.969 bits per heavy atom. The van der Waals surface area contributed by atoms with Gasteiger partial charge in [0.05, 0.1) is 14.2 Å². The molecule has 2 aromatic carbocycles. The van der Waals surface area contributed by atoms with Crippen LogP contribution in [0.25, 0.3) is 0 Å². The molecule has 2 atom stereocenters. The SMILES string of the molecule is CCCCC(CC)CP=O.COc1cccc(OC)c1C(=O)C(C(=O)O)c1ccccc1. The molecule has 0 aliphatic heterocycles. The van der Waals surface area contributed by atoms with Gasteiger partial charge in [-0.3, -0.25) is 14.2 Å². The first-order valence-corrected chi connectivity index (χ1v) is 11.8. The van der Waals surface area contributed by atoms with E-state index < -0.39 is 17.7 Å². The van der Waals surface area contributed by atoms with Crippen molar-refractivity contribution in [1.29, 1.82) is 0 Å². The zero-order valence-electron chi connectivity index (χ0n) is 19.2. The van der Waals surface area contributed by atoms with Crippen LogP contribution in [0.15, 0.2) is 48.5 Å². The molecule has 2 unspecified atom stereocenters. The van der Waals surface area contributed by atoms with E-state index in [4.69, 9.17) is 9.47 Å². The summed E-state index contributed by atoms with van der Waals surface area (Å²) in [5, 5.41) is 9.48. The second-order valence-corrected chi connectivity index (χ2v) is 7.94. The van der Waals surface area contributed by atoms with Crippen LogP contribution in [0.3, 0.4) is 0 Å². The molecule has 0 aromatic heterocycles. The number of Topliss-reactive ketones (excluding diaryl/α,β-unsaturated/α-hetero) is 1. The minimum atomic E-state index is -1.31. The van der Waals surface area contributed by atoms with Gasteiger partial charge in [0.25, 0.3) is 0 Å². The Hall–Kier alpha value is -2.72. The van der Waals surface area contributed by atoms with Crippen molar-refractivity contribution < 1.29 is 28.7 Å². The Morgan fingerprint density at radius 2 is 1.56 bits per heavy atom. The summed E-state index contributed by atoms with van der Waals surface area (Å²) in [5.74, 6) is -1.85. The number of carboxylic acids is 1. The number of unbranched alkanes of at least 4 members (excludes halogenated alkanes) is 1. The Morgan fingerprint density at radius 3 is 2.00 bits per heavy atom. The molecule has 1 N–H and O–H groups in total. The van der Waals surface area contributed by atoms with Gasteiger partial charge >= 0.3 is 5.97 Å². The fourth-order valence-electron chi connectivity index (χ4n) is 3.31. The van der Waals surface area contributed by atoms with Crippen LogP contribution >= 0.6 is 8.46 Å². The van der Waals surface area contributed by atoms with E-state index in [1.54, 1.807) is 48.5 Å². The molecule has 0 amide bonds. The zero-order valence-corrected chi connectivity index (χ0v) is 20.1. The molecule has 0 radical (unpaired) electrons. The lowest BCUT2D eigenvalue weighted by molar-refractivity contribution is -0.137. The molecule has 2 rings (SSSR count). The molecule has 174 valence electrons. The first-order valence-electron chi connectivity index (χ1n) is 10.8. The van der Waals surface area contributed by atoms with E-state index in [1.807, 2.05) is 0 Å². The molecule has 0 fully saturated rings. The Bertz CT molecular complexity index is 831. The lowest BCUT2D eigenvalue weighted by Gasteiger charge is -2.16. The van der Waals surface area contributed by atoms with E-state index in [0.717, 1.165) is 6.16 Å². The summed E-state index contributed by atoms with van der Waals surface area (Å²) in [6, 6.07) is 13.2. The lowest BCUT2D eigenvalue weighted by Crippen LogP contribution is -2.22. The maximum atomic E-state index is 12.8. The summed E-state index contributed by atoms with van der Waals surface area (Å²) < 4.78 is 20.6. The molecular weight excluding hydrogens is 427 g/mol. The van der Waals surface area contributed by atoms with Gasteiger partial charge in [-0.2, -0.15) is 0 Å². The third-order valence-corrected chi connectivity index (χ3v) is 5.86. The molecule has 0 saturated carbocycles. The molecule has 0 saturated heterocycles. The second-order valence-electron chi connectivity index (χ2n) is 7.31. The molecule has 32 heavy (non-hydrogen) atoms. The van der Waals surface area contributed by atoms with E-state index in [2.05, 4.69) is 13.8 Å². The van der Waals surface area contributed by atoms with Gasteiger partial charge in [-0.1, -0.05) is 69.5 Å². The normalized spacial score (nSPS) is 12.2. The third kappa shape index (κ3) is 8.08. The smallest absolute Gasteiger partial charge is 0.318 e. The second kappa shape index (κ2) is 15.1. The van der Waals surface area contributed by atoms with Crippen molar-refractivity contribution >= 4 is 20.2 Å². The van der Waals surface area contributed by atoms with Crippen molar-refractivity contribution in [3.8, 4) is 11.5 Å². The number of hydrogen-bond acceptors (Lipinski definition) is 5. The first-order chi connectivity index (χ1) is 15.4. The van der Waals surface area contributed by atoms with Gasteiger partial charge in [-0.25, -0.2) is 0 Å². The summed E-state index contributed by atoms with van der Waals surface area (Å²) in [7, 11) is 3.16. The van der Waals surface area contributed by atoms with Gasteiger partial charge in [0, 0.05) is 6.16 Å². The monoisotopic (exact) mass is 460 g/mol. The molecule has 6 nitrogen and oxygen atoms in total. The predicted molar refractivity (Wildman–Crippen MR) is 126 cm³/mol. The topological polar surface area (TPSA) is 89.9 Å². The number of aliphatic carboxylic acids is 1. The van der Waals surface area contributed by atoms with Crippen LogP contribution in [0, 0.1) is 5.92 Å². The largest absolute Gasteiger partial charge is 0.496 e. The molecule has 0 aliphatic rings. The van der Waals surface area contributed by atoms with Gasteiger partial charge in [-0.15, -0.1) is 0 Å². The minimum Gasteiger partial charge on any atom is -0.496 e. The number of carbonyl (C=O) groups is 2. The first kappa shape index (κ1) is 27.3. The Kier molecular flexibility index (Phi) is 12.9. The van der Waals surface area contributed by atoms with Crippen LogP contribution in [0.2, 0.25) is 0 Å². The van der Waals surface area contributed by atoms with Crippen molar-refractivity contribution in [3.63, 3.8) is 0 Å². The van der Waals surface area contributed by atoms with E-state index in [9.17, 15) is 19.3 Å². The van der Waals surface area contributed by atoms with Crippen LogP contribution in [0.1, 0.15) is 61.4 Å². The summed E-state index contributed by atoms with van der Waals surface area (Å²) >= 11 is 0. The highest BCUT2D eigenvalue weighted by Gasteiger charge is 2.33. The number of methoxy groups -OCH3 is 2. The van der Waals surface area contributed by atoms with Crippen LogP contribution in [0.4, 0.5) is 0 Å². The number of hydrogen-bond donors (Lipinski definition) is 1. The van der Waals surface area contributed by atoms with Crippen LogP contribution in [-0.2, 0) is 9.36 Å². The summed E-state index contributed by atoms with van der Waals surface area (Å²) in [6.07, 6.45) is 5.83. The van der Waals surface area contributed by atoms with Crippen molar-refractivity contribution in [2.24, 2.45) is 5.92 Å². The van der Waals surface area contributed by atoms with Gasteiger partial charge in [0.15, 0.2) is 14.2 Å². The highest BCUT2D eigenvalue weighted by Crippen LogP contribution is 2.33. The lowest BCUT2D eigenvalue weighted by atomic mass is 9.90. The Balaban J connectivity index is 0.000000433. The van der Waals surface area contributed by atoms with Gasteiger partial charge < -0.3 is 14.6 Å². The standard InChI is InChI=1S/C17H16O5.C8H17OP/c1-21-12-9-6-10-13(22-2)15(12)16(18)14(17(19)20)11-7-4-3-5-8-11;1-3-5-6-8(4-2)7-10-9/h3-10,14H,1-2H3,(H,19,20);8H,3-7H2,1-2H3. The number of carboxylic acid groups (broad SMARTS) is 1. The van der Waals surface area contributed by atoms with Crippen LogP contribution in [-0.4, -0.2) is 37.2 Å². The van der Waals surface area contributed by atoms with Gasteiger partial charge in [0.1, 0.15) is 23.0 Å². The van der Waals surface area contributed by atoms with E-state index in [-0.39, 0.29) is 17.1 Å². The number of ether oxygens (including phenoxy) is 2. The molecule has 0 heterocycles. The molecule has 2 aromatic rings. The molecular formula is C25H33O6P. The number of benzene rings is 2. The number of carbonyl (C=O) groups excluding carboxylic acids is 1. The average Bonchev–Trinajstić information content (AvgIpc) is 2.82. The quantitative estimate of drug-likeness (QED) is 0.229. The third-order valence-electron chi connectivity index (χ3n) is 5.19. The van der Waals surface area contributed by atoms with Crippen molar-refractivity contribution in [3.05, 3.63) is 59.7 Å². The minimum absolute atomic E-state index is 0.128. The summed E-state index contributed by atoms with van der Waals surface area (Å²) in [6.45, 7) is 4.37. The average molecular weight is 461 g/mol. The molecule has 0 bridgehead atoms. The molecule has 0 spiro atoms. The fraction of sp³-hybridized carbons (Fsp3) is 0.440. The highest BCUT2D eigenvalue weighted by atomic mass is 31.1. The van der Waals surface area contributed by atoms with Crippen molar-refractivity contribution in [2.45, 2.75) is 45.4 Å². The van der Waals surface area contributed by atoms with Crippen LogP contribution in [0.5, 0.6) is 11.5 Å². The number of rotatable bonds is 12. The van der Waals surface area contributed by atoms with Crippen LogP contribution < -0.4 is 9.47 Å². The van der Waals surface area contributed by atoms with E-state index in [1.165, 1.54) is 39.9 Å². The summed E-state index contributed by atoms with van der Waals surface area (Å²) in [5.41, 5.74) is 0.539. The molecule has 0 aliphatic carbocycles. The number of ketones is 1. The zero-order chi connectivity index (χ0) is 23.9. The van der Waals surface area contributed by atoms with Crippen molar-refractivity contribution in [1.82, 2.24) is 0 Å². The van der Waals surface area contributed by atoms with Gasteiger partial charge in [0.2, 0.25) is 0 Å². The van der Waals surface area contributed by atoms with E-state index >= 15 is 0 Å². The summed E-state index contributed by atoms with van der Waals surface area (Å²) in [4.78, 5) is 24.4. The molecule has 7 heteroatoms. The highest BCUT2D eigenvalue weighted by molar-refractivity contribution is 7.23. The predicted octanol–water partition coefficient (Wildman–Crippen LogP) is 6.25. The maximum Gasteiger partial charge on any atom is 0.318 e. The van der Waals surface area contributed by atoms with Gasteiger partial charge in [-0.05, 0) is 30.0 Å². The Labute approximate surface area is 192 Å².